The number of phenols is 1. The molecule has 0 aromatic heterocycles. The Labute approximate surface area is 94.2 Å². The molecule has 1 aliphatic rings. The lowest BCUT2D eigenvalue weighted by Gasteiger charge is -2.18. The molecule has 0 aliphatic carbocycles. The van der Waals surface area contributed by atoms with Gasteiger partial charge in [0.1, 0.15) is 11.8 Å². The summed E-state index contributed by atoms with van der Waals surface area (Å²) in [6, 6.07) is 6.78. The number of rotatable bonds is 2. The second kappa shape index (κ2) is 4.53. The van der Waals surface area contributed by atoms with Crippen LogP contribution < -0.4 is 5.32 Å². The van der Waals surface area contributed by atoms with Crippen molar-refractivity contribution in [3.8, 4) is 5.75 Å². The van der Waals surface area contributed by atoms with E-state index < -0.39 is 0 Å². The number of benzene rings is 1. The van der Waals surface area contributed by atoms with Crippen LogP contribution >= 0.6 is 0 Å². The van der Waals surface area contributed by atoms with Gasteiger partial charge in [-0.05, 0) is 24.6 Å². The molecule has 1 fully saturated rings. The Morgan fingerprint density at radius 3 is 2.94 bits per heavy atom. The monoisotopic (exact) mass is 221 g/mol. The number of carbonyl (C=O) groups excluding carboxylic acids is 1. The highest BCUT2D eigenvalue weighted by Gasteiger charge is 2.35. The summed E-state index contributed by atoms with van der Waals surface area (Å²) in [6.45, 7) is 0.763. The van der Waals surface area contributed by atoms with E-state index in [1.807, 2.05) is 12.1 Å². The fourth-order valence-electron chi connectivity index (χ4n) is 2.21. The minimum Gasteiger partial charge on any atom is -0.508 e. The molecule has 2 rings (SSSR count). The Morgan fingerprint density at radius 1 is 1.50 bits per heavy atom. The van der Waals surface area contributed by atoms with Gasteiger partial charge < -0.3 is 15.2 Å². The smallest absolute Gasteiger partial charge is 0.323 e. The zero-order chi connectivity index (χ0) is 11.5. The molecule has 2 N–H and O–H groups in total. The molecule has 0 bridgehead atoms. The molecule has 1 heterocycles. The molecule has 1 aromatic carbocycles. The van der Waals surface area contributed by atoms with Crippen LogP contribution in [0.2, 0.25) is 0 Å². The minimum atomic E-state index is -0.349. The Morgan fingerprint density at radius 2 is 2.25 bits per heavy atom. The van der Waals surface area contributed by atoms with Crippen LogP contribution in [-0.2, 0) is 9.53 Å². The maximum atomic E-state index is 11.5. The number of carbonyl (C=O) groups is 1. The van der Waals surface area contributed by atoms with E-state index >= 15 is 0 Å². The topological polar surface area (TPSA) is 58.6 Å². The van der Waals surface area contributed by atoms with Gasteiger partial charge in [0.2, 0.25) is 0 Å². The largest absolute Gasteiger partial charge is 0.508 e. The molecule has 2 atom stereocenters. The fourth-order valence-corrected chi connectivity index (χ4v) is 2.21. The van der Waals surface area contributed by atoms with Crippen molar-refractivity contribution < 1.29 is 14.6 Å². The number of esters is 1. The van der Waals surface area contributed by atoms with Gasteiger partial charge in [-0.1, -0.05) is 18.2 Å². The van der Waals surface area contributed by atoms with Gasteiger partial charge in [0.25, 0.3) is 0 Å². The molecule has 86 valence electrons. The summed E-state index contributed by atoms with van der Waals surface area (Å²) in [5.41, 5.74) is 0.808. The van der Waals surface area contributed by atoms with Crippen LogP contribution in [0.3, 0.4) is 0 Å². The summed E-state index contributed by atoms with van der Waals surface area (Å²) < 4.78 is 4.74. The molecule has 0 radical (unpaired) electrons. The molecule has 0 spiro atoms. The van der Waals surface area contributed by atoms with Crippen molar-refractivity contribution in [3.63, 3.8) is 0 Å². The molecular weight excluding hydrogens is 206 g/mol. The van der Waals surface area contributed by atoms with Crippen molar-refractivity contribution in [2.75, 3.05) is 13.7 Å². The second-order valence-electron chi connectivity index (χ2n) is 3.91. The first-order valence-corrected chi connectivity index (χ1v) is 5.33. The molecular formula is C12H15NO3. The average Bonchev–Trinajstić information content (AvgIpc) is 2.77. The third-order valence-corrected chi connectivity index (χ3v) is 3.01. The van der Waals surface area contributed by atoms with Gasteiger partial charge in [0.05, 0.1) is 7.11 Å². The number of nitrogens with one attached hydrogen (secondary N) is 1. The highest BCUT2D eigenvalue weighted by atomic mass is 16.5. The maximum absolute atomic E-state index is 11.5. The number of methoxy groups -OCH3 is 1. The average molecular weight is 221 g/mol. The summed E-state index contributed by atoms with van der Waals surface area (Å²) in [4.78, 5) is 11.5. The van der Waals surface area contributed by atoms with E-state index in [0.29, 0.717) is 0 Å². The van der Waals surface area contributed by atoms with E-state index in [4.69, 9.17) is 4.74 Å². The van der Waals surface area contributed by atoms with E-state index in [0.717, 1.165) is 18.5 Å². The lowest BCUT2D eigenvalue weighted by atomic mass is 9.91. The molecule has 16 heavy (non-hydrogen) atoms. The first-order chi connectivity index (χ1) is 7.74. The van der Waals surface area contributed by atoms with Gasteiger partial charge in [0.15, 0.2) is 0 Å². The molecule has 0 amide bonds. The Hall–Kier alpha value is -1.55. The van der Waals surface area contributed by atoms with E-state index in [1.54, 1.807) is 12.1 Å². The fraction of sp³-hybridized carbons (Fsp3) is 0.417. The van der Waals surface area contributed by atoms with Crippen molar-refractivity contribution in [1.29, 1.82) is 0 Å². The number of hydrogen-bond acceptors (Lipinski definition) is 4. The SMILES string of the molecule is COC(=O)C1NCCC1c1ccccc1O. The number of ether oxygens (including phenoxy) is 1. The van der Waals surface area contributed by atoms with Crippen LogP contribution in [0.15, 0.2) is 24.3 Å². The Bertz CT molecular complexity index is 392. The van der Waals surface area contributed by atoms with Crippen molar-refractivity contribution in [3.05, 3.63) is 29.8 Å². The zero-order valence-corrected chi connectivity index (χ0v) is 9.14. The minimum absolute atomic E-state index is 0.00588. The lowest BCUT2D eigenvalue weighted by molar-refractivity contribution is -0.143. The summed E-state index contributed by atoms with van der Waals surface area (Å²) >= 11 is 0. The maximum Gasteiger partial charge on any atom is 0.323 e. The highest BCUT2D eigenvalue weighted by molar-refractivity contribution is 5.77. The van der Waals surface area contributed by atoms with Gasteiger partial charge in [-0.3, -0.25) is 4.79 Å². The first kappa shape index (κ1) is 11.0. The summed E-state index contributed by atoms with van der Waals surface area (Å²) in [5, 5.41) is 12.9. The molecule has 1 aliphatic heterocycles. The lowest BCUT2D eigenvalue weighted by Crippen LogP contribution is -2.35. The van der Waals surface area contributed by atoms with E-state index in [2.05, 4.69) is 5.32 Å². The molecule has 0 saturated carbocycles. The molecule has 1 saturated heterocycles. The molecule has 4 nitrogen and oxygen atoms in total. The Balaban J connectivity index is 2.27. The standard InChI is InChI=1S/C12H15NO3/c1-16-12(15)11-9(6-7-13-11)8-4-2-3-5-10(8)14/h2-5,9,11,13-14H,6-7H2,1H3. The predicted molar refractivity (Wildman–Crippen MR) is 59.3 cm³/mol. The first-order valence-electron chi connectivity index (χ1n) is 5.33. The normalized spacial score (nSPS) is 24.3. The van der Waals surface area contributed by atoms with E-state index in [9.17, 15) is 9.90 Å². The van der Waals surface area contributed by atoms with Crippen molar-refractivity contribution in [2.45, 2.75) is 18.4 Å². The predicted octanol–water partition coefficient (Wildman–Crippen LogP) is 1.01. The number of phenolic OH excluding ortho intramolecular Hbond substituents is 1. The quantitative estimate of drug-likeness (QED) is 0.732. The number of hydrogen-bond donors (Lipinski definition) is 2. The Kier molecular flexibility index (Phi) is 3.10. The van der Waals surface area contributed by atoms with E-state index in [1.165, 1.54) is 7.11 Å². The van der Waals surface area contributed by atoms with Crippen molar-refractivity contribution in [1.82, 2.24) is 5.32 Å². The number of aromatic hydroxyl groups is 1. The summed E-state index contributed by atoms with van der Waals surface area (Å²) in [5.74, 6) is -0.0375. The van der Waals surface area contributed by atoms with Gasteiger partial charge >= 0.3 is 5.97 Å². The summed E-state index contributed by atoms with van der Waals surface area (Å²) in [7, 11) is 1.38. The van der Waals surface area contributed by atoms with Crippen LogP contribution in [0.1, 0.15) is 17.9 Å². The molecule has 2 unspecified atom stereocenters. The van der Waals surface area contributed by atoms with Crippen molar-refractivity contribution in [2.24, 2.45) is 0 Å². The molecule has 4 heteroatoms. The van der Waals surface area contributed by atoms with Gasteiger partial charge in [-0.25, -0.2) is 0 Å². The highest BCUT2D eigenvalue weighted by Crippen LogP contribution is 2.33. The van der Waals surface area contributed by atoms with Gasteiger partial charge in [-0.15, -0.1) is 0 Å². The van der Waals surface area contributed by atoms with Crippen LogP contribution in [-0.4, -0.2) is 30.8 Å². The van der Waals surface area contributed by atoms with Crippen LogP contribution in [0, 0.1) is 0 Å². The van der Waals surface area contributed by atoms with Gasteiger partial charge in [0, 0.05) is 5.92 Å². The third kappa shape index (κ3) is 1.88. The number of para-hydroxylation sites is 1. The van der Waals surface area contributed by atoms with Gasteiger partial charge in [-0.2, -0.15) is 0 Å². The van der Waals surface area contributed by atoms with Crippen molar-refractivity contribution >= 4 is 5.97 Å². The van der Waals surface area contributed by atoms with E-state index in [-0.39, 0.29) is 23.7 Å². The van der Waals surface area contributed by atoms with Crippen LogP contribution in [0.25, 0.3) is 0 Å². The van der Waals surface area contributed by atoms with Crippen LogP contribution in [0.5, 0.6) is 5.75 Å². The third-order valence-electron chi connectivity index (χ3n) is 3.01. The summed E-state index contributed by atoms with van der Waals surface area (Å²) in [6.07, 6.45) is 0.831. The zero-order valence-electron chi connectivity index (χ0n) is 9.14. The second-order valence-corrected chi connectivity index (χ2v) is 3.91. The van der Waals surface area contributed by atoms with Crippen LogP contribution in [0.4, 0.5) is 0 Å². The molecule has 1 aromatic rings.